The lowest BCUT2D eigenvalue weighted by atomic mass is 10.2. The van der Waals surface area contributed by atoms with Crippen LogP contribution in [0.4, 0.5) is 0 Å². The molecule has 1 fully saturated rings. The predicted octanol–water partition coefficient (Wildman–Crippen LogP) is 1.25. The van der Waals surface area contributed by atoms with Crippen molar-refractivity contribution >= 4 is 21.8 Å². The summed E-state index contributed by atoms with van der Waals surface area (Å²) >= 11 is 0. The van der Waals surface area contributed by atoms with E-state index >= 15 is 0 Å². The molecule has 0 bridgehead atoms. The minimum atomic E-state index is -3.72. The molecule has 0 aliphatic carbocycles. The summed E-state index contributed by atoms with van der Waals surface area (Å²) in [6.07, 6.45) is 1.24. The standard InChI is InChI=1S/C23H27N3O7S/c1-25(13-16-14-31-20-6-2-3-7-21(20)33-16)22(27)15-32-19-9-8-17(12-18(19)23(24)28)34(29,30)26-10-4-5-11-26/h2-3,6-9,12,16H,4-5,10-11,13-15H2,1H3,(H2,24,28)/t16-/m1/s1. The fraction of sp³-hybridized carbons (Fsp3) is 0.391. The zero-order valence-corrected chi connectivity index (χ0v) is 19.6. The summed E-state index contributed by atoms with van der Waals surface area (Å²) in [4.78, 5) is 26.0. The summed E-state index contributed by atoms with van der Waals surface area (Å²) in [5.41, 5.74) is 5.36. The smallest absolute Gasteiger partial charge is 0.260 e. The van der Waals surface area contributed by atoms with E-state index in [0.717, 1.165) is 12.8 Å². The van der Waals surface area contributed by atoms with E-state index in [1.807, 2.05) is 18.2 Å². The molecule has 2 aromatic carbocycles. The third-order valence-electron chi connectivity index (χ3n) is 5.74. The molecular formula is C23H27N3O7S. The van der Waals surface area contributed by atoms with Crippen LogP contribution in [-0.4, -0.2) is 75.4 Å². The first-order chi connectivity index (χ1) is 16.3. The zero-order valence-electron chi connectivity index (χ0n) is 18.8. The van der Waals surface area contributed by atoms with E-state index in [0.29, 0.717) is 31.2 Å². The average Bonchev–Trinajstić information content (AvgIpc) is 3.38. The van der Waals surface area contributed by atoms with Gasteiger partial charge in [0, 0.05) is 20.1 Å². The molecule has 2 heterocycles. The SMILES string of the molecule is CN(C[C@@H]1COc2ccccc2O1)C(=O)COc1ccc(S(=O)(=O)N2CCCC2)cc1C(N)=O. The van der Waals surface area contributed by atoms with Gasteiger partial charge in [-0.2, -0.15) is 4.31 Å². The predicted molar refractivity (Wildman–Crippen MR) is 122 cm³/mol. The Bertz CT molecular complexity index is 1180. The second kappa shape index (κ2) is 9.90. The lowest BCUT2D eigenvalue weighted by Crippen LogP contribution is -2.43. The molecule has 4 rings (SSSR count). The van der Waals surface area contributed by atoms with Crippen LogP contribution in [0.15, 0.2) is 47.4 Å². The highest BCUT2D eigenvalue weighted by atomic mass is 32.2. The highest BCUT2D eigenvalue weighted by Gasteiger charge is 2.29. The monoisotopic (exact) mass is 489 g/mol. The van der Waals surface area contributed by atoms with Crippen LogP contribution in [0.3, 0.4) is 0 Å². The van der Waals surface area contributed by atoms with Gasteiger partial charge in [-0.15, -0.1) is 0 Å². The molecule has 10 nitrogen and oxygen atoms in total. The molecule has 0 saturated carbocycles. The van der Waals surface area contributed by atoms with Crippen LogP contribution in [0.2, 0.25) is 0 Å². The van der Waals surface area contributed by atoms with Gasteiger partial charge in [-0.25, -0.2) is 8.42 Å². The summed E-state index contributed by atoms with van der Waals surface area (Å²) in [5.74, 6) is 0.115. The number of carbonyl (C=O) groups excluding carboxylic acids is 2. The Balaban J connectivity index is 1.38. The van der Waals surface area contributed by atoms with E-state index in [2.05, 4.69) is 0 Å². The van der Waals surface area contributed by atoms with Crippen molar-refractivity contribution in [1.82, 2.24) is 9.21 Å². The fourth-order valence-corrected chi connectivity index (χ4v) is 5.42. The normalized spacial score (nSPS) is 17.9. The Morgan fingerprint density at radius 1 is 1.15 bits per heavy atom. The first kappa shape index (κ1) is 23.8. The van der Waals surface area contributed by atoms with Crippen LogP contribution in [0.5, 0.6) is 17.2 Å². The van der Waals surface area contributed by atoms with Gasteiger partial charge in [-0.3, -0.25) is 9.59 Å². The summed E-state index contributed by atoms with van der Waals surface area (Å²) in [7, 11) is -2.12. The Kier molecular flexibility index (Phi) is 6.94. The van der Waals surface area contributed by atoms with Crippen molar-refractivity contribution in [3.05, 3.63) is 48.0 Å². The van der Waals surface area contributed by atoms with Gasteiger partial charge in [0.1, 0.15) is 12.4 Å². The van der Waals surface area contributed by atoms with E-state index in [-0.39, 0.29) is 41.4 Å². The van der Waals surface area contributed by atoms with Crippen LogP contribution in [0, 0.1) is 0 Å². The van der Waals surface area contributed by atoms with Crippen molar-refractivity contribution < 1.29 is 32.2 Å². The number of nitrogens with two attached hydrogens (primary N) is 1. The maximum Gasteiger partial charge on any atom is 0.260 e. The van der Waals surface area contributed by atoms with E-state index in [1.165, 1.54) is 27.4 Å². The Hall–Kier alpha value is -3.31. The number of hydrogen-bond donors (Lipinski definition) is 1. The molecule has 2 aromatic rings. The molecule has 0 radical (unpaired) electrons. The minimum absolute atomic E-state index is 0.0336. The summed E-state index contributed by atoms with van der Waals surface area (Å²) in [6.45, 7) is 1.09. The molecule has 1 saturated heterocycles. The van der Waals surface area contributed by atoms with Crippen molar-refractivity contribution in [2.24, 2.45) is 5.73 Å². The number of hydrogen-bond acceptors (Lipinski definition) is 7. The second-order valence-electron chi connectivity index (χ2n) is 8.19. The van der Waals surface area contributed by atoms with Crippen LogP contribution < -0.4 is 19.9 Å². The number of ether oxygens (including phenoxy) is 3. The van der Waals surface area contributed by atoms with Gasteiger partial charge in [0.05, 0.1) is 17.0 Å². The topological polar surface area (TPSA) is 128 Å². The third kappa shape index (κ3) is 5.10. The second-order valence-corrected chi connectivity index (χ2v) is 10.1. The van der Waals surface area contributed by atoms with Gasteiger partial charge in [0.2, 0.25) is 10.0 Å². The van der Waals surface area contributed by atoms with Gasteiger partial charge in [0.15, 0.2) is 24.2 Å². The number of benzene rings is 2. The lowest BCUT2D eigenvalue weighted by Gasteiger charge is -2.29. The molecule has 2 aliphatic rings. The van der Waals surface area contributed by atoms with E-state index in [1.54, 1.807) is 13.1 Å². The molecular weight excluding hydrogens is 462 g/mol. The van der Waals surface area contributed by atoms with Crippen molar-refractivity contribution in [2.75, 3.05) is 39.9 Å². The molecule has 2 N–H and O–H groups in total. The molecule has 1 atom stereocenters. The van der Waals surface area contributed by atoms with Crippen LogP contribution in [0.1, 0.15) is 23.2 Å². The van der Waals surface area contributed by atoms with Gasteiger partial charge in [-0.1, -0.05) is 12.1 Å². The highest BCUT2D eigenvalue weighted by molar-refractivity contribution is 7.89. The maximum absolute atomic E-state index is 12.8. The summed E-state index contributed by atoms with van der Waals surface area (Å²) < 4.78 is 44.0. The molecule has 182 valence electrons. The van der Waals surface area contributed by atoms with E-state index < -0.39 is 15.9 Å². The molecule has 11 heteroatoms. The van der Waals surface area contributed by atoms with Crippen molar-refractivity contribution in [2.45, 2.75) is 23.8 Å². The largest absolute Gasteiger partial charge is 0.486 e. The van der Waals surface area contributed by atoms with Gasteiger partial charge >= 0.3 is 0 Å². The number of carbonyl (C=O) groups is 2. The molecule has 2 amide bonds. The van der Waals surface area contributed by atoms with Gasteiger partial charge in [0.25, 0.3) is 11.8 Å². The van der Waals surface area contributed by atoms with Crippen LogP contribution in [0.25, 0.3) is 0 Å². The quantitative estimate of drug-likeness (QED) is 0.591. The number of sulfonamides is 1. The number of nitrogens with zero attached hydrogens (tertiary/aromatic N) is 2. The molecule has 2 aliphatic heterocycles. The number of para-hydroxylation sites is 2. The van der Waals surface area contributed by atoms with Crippen LogP contribution >= 0.6 is 0 Å². The molecule has 34 heavy (non-hydrogen) atoms. The first-order valence-electron chi connectivity index (χ1n) is 10.9. The van der Waals surface area contributed by atoms with Crippen molar-refractivity contribution in [3.8, 4) is 17.2 Å². The lowest BCUT2D eigenvalue weighted by molar-refractivity contribution is -0.133. The maximum atomic E-state index is 12.8. The van der Waals surface area contributed by atoms with Gasteiger partial charge < -0.3 is 24.8 Å². The molecule has 0 spiro atoms. The Morgan fingerprint density at radius 3 is 2.56 bits per heavy atom. The van der Waals surface area contributed by atoms with Crippen molar-refractivity contribution in [1.29, 1.82) is 0 Å². The minimum Gasteiger partial charge on any atom is -0.486 e. The number of rotatable bonds is 8. The number of amides is 2. The summed E-state index contributed by atoms with van der Waals surface area (Å²) in [5, 5.41) is 0. The molecule has 0 unspecified atom stereocenters. The van der Waals surface area contributed by atoms with E-state index in [9.17, 15) is 18.0 Å². The zero-order chi connectivity index (χ0) is 24.3. The summed E-state index contributed by atoms with van der Waals surface area (Å²) in [6, 6.07) is 11.2. The highest BCUT2D eigenvalue weighted by Crippen LogP contribution is 2.31. The average molecular weight is 490 g/mol. The fourth-order valence-electron chi connectivity index (χ4n) is 3.88. The Labute approximate surface area is 198 Å². The van der Waals surface area contributed by atoms with Crippen molar-refractivity contribution in [3.63, 3.8) is 0 Å². The van der Waals surface area contributed by atoms with Gasteiger partial charge in [-0.05, 0) is 43.2 Å². The third-order valence-corrected chi connectivity index (χ3v) is 7.64. The number of primary amides is 1. The number of fused-ring (bicyclic) bond motifs is 1. The first-order valence-corrected chi connectivity index (χ1v) is 12.4. The molecule has 0 aromatic heterocycles. The van der Waals surface area contributed by atoms with E-state index in [4.69, 9.17) is 19.9 Å². The number of likely N-dealkylation sites (N-methyl/N-ethyl adjacent to an activating group) is 1. The van der Waals surface area contributed by atoms with Crippen LogP contribution in [-0.2, 0) is 14.8 Å². The Morgan fingerprint density at radius 2 is 1.85 bits per heavy atom.